The van der Waals surface area contributed by atoms with Gasteiger partial charge in [0, 0.05) is 0 Å². The summed E-state index contributed by atoms with van der Waals surface area (Å²) in [7, 11) is 0. The van der Waals surface area contributed by atoms with Gasteiger partial charge in [-0.25, -0.2) is 14.5 Å². The molecule has 0 radical (unpaired) electrons. The van der Waals surface area contributed by atoms with Gasteiger partial charge < -0.3 is 4.74 Å². The van der Waals surface area contributed by atoms with Gasteiger partial charge in [-0.1, -0.05) is 55.8 Å². The van der Waals surface area contributed by atoms with Crippen molar-refractivity contribution >= 4 is 12.1 Å². The van der Waals surface area contributed by atoms with E-state index in [1.807, 2.05) is 30.3 Å². The van der Waals surface area contributed by atoms with E-state index < -0.39 is 12.1 Å². The average molecular weight is 384 g/mol. The molecule has 1 aliphatic carbocycles. The van der Waals surface area contributed by atoms with Gasteiger partial charge in [0.15, 0.2) is 0 Å². The van der Waals surface area contributed by atoms with E-state index in [-0.39, 0.29) is 11.7 Å². The molecule has 0 atom stereocenters. The summed E-state index contributed by atoms with van der Waals surface area (Å²) < 4.78 is 5.16. The molecule has 0 saturated heterocycles. The number of hydrogen-bond acceptors (Lipinski definition) is 6. The fourth-order valence-corrected chi connectivity index (χ4v) is 3.37. The van der Waals surface area contributed by atoms with Crippen molar-refractivity contribution < 1.29 is 29.1 Å². The number of rotatable bonds is 6. The van der Waals surface area contributed by atoms with E-state index in [2.05, 4.69) is 21.7 Å². The van der Waals surface area contributed by atoms with Crippen LogP contribution in [0.4, 0.5) is 4.79 Å². The summed E-state index contributed by atoms with van der Waals surface area (Å²) in [4.78, 5) is 32.5. The molecule has 0 aromatic heterocycles. The smallest absolute Gasteiger partial charge is 0.429 e. The lowest BCUT2D eigenvalue weighted by Crippen LogP contribution is -2.25. The zero-order valence-electron chi connectivity index (χ0n) is 15.8. The predicted molar refractivity (Wildman–Crippen MR) is 102 cm³/mol. The molecular formula is C22H24O6. The van der Waals surface area contributed by atoms with Gasteiger partial charge in [-0.05, 0) is 54.9 Å². The van der Waals surface area contributed by atoms with Crippen LogP contribution in [0.2, 0.25) is 0 Å². The standard InChI is InChI=1S/C22H24O6/c1-2-16-8-14-20(15-9-16)25-22(24)27-28-26-21(23)19-12-10-18(11-13-19)17-6-4-3-5-7-17/h3-7,10-13,16,20H,2,8-9,14-15H2,1H3. The minimum atomic E-state index is -1.01. The molecule has 2 aromatic rings. The molecule has 6 nitrogen and oxygen atoms in total. The summed E-state index contributed by atoms with van der Waals surface area (Å²) in [6, 6.07) is 16.6. The van der Waals surface area contributed by atoms with E-state index in [0.717, 1.165) is 43.2 Å². The number of hydrogen-bond donors (Lipinski definition) is 0. The molecule has 0 unspecified atom stereocenters. The van der Waals surface area contributed by atoms with Crippen LogP contribution < -0.4 is 0 Å². The Labute approximate surface area is 164 Å². The monoisotopic (exact) mass is 384 g/mol. The van der Waals surface area contributed by atoms with Crippen molar-refractivity contribution in [2.75, 3.05) is 0 Å². The summed E-state index contributed by atoms with van der Waals surface area (Å²) >= 11 is 0. The van der Waals surface area contributed by atoms with Crippen molar-refractivity contribution in [2.45, 2.75) is 45.1 Å². The van der Waals surface area contributed by atoms with Gasteiger partial charge in [-0.3, -0.25) is 4.89 Å². The third kappa shape index (κ3) is 5.57. The molecule has 0 heterocycles. The minimum absolute atomic E-state index is 0.180. The fraction of sp³-hybridized carbons (Fsp3) is 0.364. The van der Waals surface area contributed by atoms with E-state index in [4.69, 9.17) is 4.74 Å². The highest BCUT2D eigenvalue weighted by atomic mass is 17.5. The van der Waals surface area contributed by atoms with Crippen LogP contribution >= 0.6 is 0 Å². The van der Waals surface area contributed by atoms with Crippen molar-refractivity contribution in [1.82, 2.24) is 0 Å². The van der Waals surface area contributed by atoms with Crippen molar-refractivity contribution in [1.29, 1.82) is 0 Å². The van der Waals surface area contributed by atoms with E-state index in [1.54, 1.807) is 24.3 Å². The second-order valence-corrected chi connectivity index (χ2v) is 6.88. The third-order valence-corrected chi connectivity index (χ3v) is 5.07. The van der Waals surface area contributed by atoms with Gasteiger partial charge in [-0.2, -0.15) is 0 Å². The molecule has 1 aliphatic rings. The molecule has 1 saturated carbocycles. The molecule has 148 valence electrons. The number of carbonyl (C=O) groups excluding carboxylic acids is 2. The van der Waals surface area contributed by atoms with Crippen molar-refractivity contribution in [3.63, 3.8) is 0 Å². The second kappa shape index (κ2) is 9.90. The average Bonchev–Trinajstić information content (AvgIpc) is 2.75. The number of carbonyl (C=O) groups is 2. The molecule has 6 heteroatoms. The van der Waals surface area contributed by atoms with Gasteiger partial charge in [0.25, 0.3) is 0 Å². The predicted octanol–water partition coefficient (Wildman–Crippen LogP) is 5.48. The lowest BCUT2D eigenvalue weighted by molar-refractivity contribution is -0.453. The van der Waals surface area contributed by atoms with Gasteiger partial charge in [0.1, 0.15) is 6.10 Å². The minimum Gasteiger partial charge on any atom is -0.429 e. The van der Waals surface area contributed by atoms with E-state index in [0.29, 0.717) is 5.92 Å². The SMILES string of the molecule is CCC1CCC(OC(=O)OOOC(=O)c2ccc(-c3ccccc3)cc2)CC1. The fourth-order valence-electron chi connectivity index (χ4n) is 3.37. The molecule has 1 fully saturated rings. The quantitative estimate of drug-likeness (QED) is 0.373. The Morgan fingerprint density at radius 2 is 1.50 bits per heavy atom. The van der Waals surface area contributed by atoms with E-state index in [1.165, 1.54) is 0 Å². The zero-order chi connectivity index (χ0) is 19.8. The maximum atomic E-state index is 12.0. The highest BCUT2D eigenvalue weighted by Crippen LogP contribution is 2.28. The highest BCUT2D eigenvalue weighted by Gasteiger charge is 2.24. The Bertz CT molecular complexity index is 763. The Morgan fingerprint density at radius 3 is 2.14 bits per heavy atom. The first kappa shape index (κ1) is 19.9. The van der Waals surface area contributed by atoms with Crippen molar-refractivity contribution in [3.8, 4) is 11.1 Å². The van der Waals surface area contributed by atoms with Crippen LogP contribution in [0.5, 0.6) is 0 Å². The Morgan fingerprint density at radius 1 is 0.857 bits per heavy atom. The molecule has 28 heavy (non-hydrogen) atoms. The van der Waals surface area contributed by atoms with Crippen LogP contribution in [0.25, 0.3) is 11.1 Å². The van der Waals surface area contributed by atoms with Crippen LogP contribution in [0.15, 0.2) is 54.6 Å². The molecule has 0 N–H and O–H groups in total. The lowest BCUT2D eigenvalue weighted by Gasteiger charge is -2.26. The molecular weight excluding hydrogens is 360 g/mol. The summed E-state index contributed by atoms with van der Waals surface area (Å²) in [5.74, 6) is -0.0720. The van der Waals surface area contributed by atoms with Crippen LogP contribution in [0.1, 0.15) is 49.4 Å². The summed E-state index contributed by atoms with van der Waals surface area (Å²) in [5, 5.41) is 4.29. The molecule has 3 rings (SSSR count). The van der Waals surface area contributed by atoms with Crippen LogP contribution in [0, 0.1) is 5.92 Å². The van der Waals surface area contributed by atoms with Gasteiger partial charge in [-0.15, -0.1) is 0 Å². The van der Waals surface area contributed by atoms with Gasteiger partial charge >= 0.3 is 12.1 Å². The lowest BCUT2D eigenvalue weighted by atomic mass is 9.86. The Kier molecular flexibility index (Phi) is 7.03. The van der Waals surface area contributed by atoms with Gasteiger partial charge in [0.05, 0.1) is 10.6 Å². The second-order valence-electron chi connectivity index (χ2n) is 6.88. The van der Waals surface area contributed by atoms with Gasteiger partial charge in [0.2, 0.25) is 0 Å². The van der Waals surface area contributed by atoms with Crippen molar-refractivity contribution in [3.05, 3.63) is 60.2 Å². The van der Waals surface area contributed by atoms with Crippen LogP contribution in [0.3, 0.4) is 0 Å². The summed E-state index contributed by atoms with van der Waals surface area (Å²) in [6.45, 7) is 2.16. The third-order valence-electron chi connectivity index (χ3n) is 5.07. The summed E-state index contributed by atoms with van der Waals surface area (Å²) in [5.41, 5.74) is 2.28. The molecule has 2 aromatic carbocycles. The first-order chi connectivity index (χ1) is 13.7. The maximum absolute atomic E-state index is 12.0. The molecule has 0 aliphatic heterocycles. The van der Waals surface area contributed by atoms with E-state index >= 15 is 0 Å². The first-order valence-corrected chi connectivity index (χ1v) is 9.57. The highest BCUT2D eigenvalue weighted by molar-refractivity contribution is 5.89. The zero-order valence-corrected chi connectivity index (χ0v) is 15.8. The van der Waals surface area contributed by atoms with Crippen molar-refractivity contribution in [2.24, 2.45) is 5.92 Å². The maximum Gasteiger partial charge on any atom is 0.543 e. The Hall–Kier alpha value is -2.86. The molecule has 0 spiro atoms. The molecule has 0 bridgehead atoms. The topological polar surface area (TPSA) is 71.1 Å². The summed E-state index contributed by atoms with van der Waals surface area (Å²) in [6.07, 6.45) is 3.63. The largest absolute Gasteiger partial charge is 0.543 e. The normalized spacial score (nSPS) is 18.9. The Balaban J connectivity index is 1.40. The van der Waals surface area contributed by atoms with Crippen LogP contribution in [-0.4, -0.2) is 18.2 Å². The first-order valence-electron chi connectivity index (χ1n) is 9.57. The molecule has 0 amide bonds. The van der Waals surface area contributed by atoms with Crippen LogP contribution in [-0.2, 0) is 19.6 Å². The van der Waals surface area contributed by atoms with E-state index in [9.17, 15) is 9.59 Å². The number of benzene rings is 2. The number of ether oxygens (including phenoxy) is 1.